The lowest BCUT2D eigenvalue weighted by atomic mass is 9.78. The van der Waals surface area contributed by atoms with Crippen molar-refractivity contribution in [3.05, 3.63) is 157 Å². The SMILES string of the molecule is CC(C)c1ccccc1-n1c(=O)c2c(c3cc(F)c(Cl)nc31)N1C[C@@H](C)N(C(=O)OC(C)(C)C)C[C@@H]1C(=O)N2C.COCOc1cccc(F)c1-c1nc2c(cc1F)c1c(c(=O)n2-c2ccccc2C(C)C)N(C)C(=O)[C@H]2CN(C(=O)OC(C)(C)C)[C@H](C)CN12.COCOc1cccc(F)c1B1OC(C)(C)C(C)(C)O1. The summed E-state index contributed by atoms with van der Waals surface area (Å²) >= 11 is 6.17. The second-order valence-corrected chi connectivity index (χ2v) is 31.8. The number of amides is 4. The molecule has 4 atom stereocenters. The van der Waals surface area contributed by atoms with Gasteiger partial charge in [-0.25, -0.2) is 37.1 Å². The average molecular weight is 1540 g/mol. The number of rotatable bonds is 12. The summed E-state index contributed by atoms with van der Waals surface area (Å²) in [5.41, 5.74) is -0.0269. The first kappa shape index (κ1) is 81.2. The third-order valence-corrected chi connectivity index (χ3v) is 20.5. The number of ether oxygens (including phenoxy) is 6. The Morgan fingerprint density at radius 3 is 1.41 bits per heavy atom. The third-order valence-electron chi connectivity index (χ3n) is 20.3. The normalized spacial score (nSPS) is 18.7. The molecule has 0 saturated carbocycles. The molecule has 0 aliphatic carbocycles. The number of carbonyl (C=O) groups excluding carboxylic acids is 4. The van der Waals surface area contributed by atoms with Crippen LogP contribution in [-0.2, 0) is 37.8 Å². The van der Waals surface area contributed by atoms with Crippen LogP contribution >= 0.6 is 11.6 Å². The van der Waals surface area contributed by atoms with Gasteiger partial charge in [0, 0.05) is 64.3 Å². The van der Waals surface area contributed by atoms with Gasteiger partial charge in [-0.3, -0.25) is 28.3 Å². The smallest absolute Gasteiger partial charge is 0.468 e. The van der Waals surface area contributed by atoms with E-state index in [1.807, 2.05) is 99.6 Å². The molecule has 110 heavy (non-hydrogen) atoms. The first-order valence-corrected chi connectivity index (χ1v) is 36.7. The minimum atomic E-state index is -0.902. The Morgan fingerprint density at radius 1 is 0.564 bits per heavy atom. The van der Waals surface area contributed by atoms with E-state index in [0.717, 1.165) is 11.1 Å². The van der Waals surface area contributed by atoms with Crippen LogP contribution < -0.4 is 45.7 Å². The number of pyridine rings is 4. The summed E-state index contributed by atoms with van der Waals surface area (Å²) in [6.45, 7) is 30.2. The van der Waals surface area contributed by atoms with Crippen molar-refractivity contribution in [2.24, 2.45) is 0 Å². The van der Waals surface area contributed by atoms with Crippen LogP contribution in [0, 0.1) is 23.3 Å². The van der Waals surface area contributed by atoms with Gasteiger partial charge in [0.1, 0.15) is 63.5 Å². The lowest BCUT2D eigenvalue weighted by Gasteiger charge is -2.49. The highest BCUT2D eigenvalue weighted by Crippen LogP contribution is 2.47. The Hall–Kier alpha value is -9.81. The summed E-state index contributed by atoms with van der Waals surface area (Å²) < 4.78 is 108. The molecule has 0 N–H and O–H groups in total. The third kappa shape index (κ3) is 15.4. The molecule has 4 amide bonds. The van der Waals surface area contributed by atoms with E-state index in [1.54, 1.807) is 81.7 Å². The van der Waals surface area contributed by atoms with Gasteiger partial charge in [0.2, 0.25) is 0 Å². The number of nitrogens with zero attached hydrogens (tertiary/aromatic N) is 10. The van der Waals surface area contributed by atoms with Gasteiger partial charge in [-0.15, -0.1) is 0 Å². The predicted molar refractivity (Wildman–Crippen MR) is 414 cm³/mol. The Balaban J connectivity index is 0.000000178. The highest BCUT2D eigenvalue weighted by atomic mass is 35.5. The molecule has 13 rings (SSSR count). The molecule has 5 aliphatic rings. The van der Waals surface area contributed by atoms with Crippen molar-refractivity contribution in [2.75, 3.05) is 87.7 Å². The predicted octanol–water partition coefficient (Wildman–Crippen LogP) is 13.4. The van der Waals surface area contributed by atoms with Crippen molar-refractivity contribution < 1.29 is 74.5 Å². The van der Waals surface area contributed by atoms with Gasteiger partial charge in [0.15, 0.2) is 41.7 Å². The molecule has 0 radical (unpaired) electrons. The van der Waals surface area contributed by atoms with Crippen molar-refractivity contribution in [1.82, 2.24) is 28.9 Å². The number of para-hydroxylation sites is 2. The first-order chi connectivity index (χ1) is 51.6. The van der Waals surface area contributed by atoms with Crippen LogP contribution in [0.25, 0.3) is 44.7 Å². The maximum atomic E-state index is 16.5. The monoisotopic (exact) mass is 1540 g/mol. The van der Waals surface area contributed by atoms with Crippen molar-refractivity contribution >= 4 is 93.0 Å². The van der Waals surface area contributed by atoms with Gasteiger partial charge < -0.3 is 67.1 Å². The maximum absolute atomic E-state index is 16.5. The van der Waals surface area contributed by atoms with Crippen LogP contribution in [0.4, 0.5) is 49.9 Å². The molecule has 586 valence electrons. The molecule has 3 fully saturated rings. The molecule has 0 unspecified atom stereocenters. The number of carbonyl (C=O) groups is 4. The summed E-state index contributed by atoms with van der Waals surface area (Å²) in [6.07, 6.45) is -1.09. The van der Waals surface area contributed by atoms with Crippen molar-refractivity contribution in [1.29, 1.82) is 0 Å². The number of halogens is 5. The van der Waals surface area contributed by atoms with Crippen LogP contribution in [0.3, 0.4) is 0 Å². The highest BCUT2D eigenvalue weighted by molar-refractivity contribution is 6.63. The summed E-state index contributed by atoms with van der Waals surface area (Å²) in [6, 6.07) is 23.4. The van der Waals surface area contributed by atoms with Gasteiger partial charge in [-0.1, -0.05) is 87.8 Å². The Kier molecular flexibility index (Phi) is 23.0. The van der Waals surface area contributed by atoms with Crippen LogP contribution in [0.1, 0.15) is 134 Å². The first-order valence-electron chi connectivity index (χ1n) is 36.3. The molecule has 9 heterocycles. The zero-order valence-electron chi connectivity index (χ0n) is 65.6. The van der Waals surface area contributed by atoms with Crippen molar-refractivity contribution in [3.63, 3.8) is 0 Å². The number of aromatic nitrogens is 4. The molecule has 0 bridgehead atoms. The van der Waals surface area contributed by atoms with Crippen LogP contribution in [0.2, 0.25) is 5.15 Å². The lowest BCUT2D eigenvalue weighted by molar-refractivity contribution is -0.121. The van der Waals surface area contributed by atoms with Crippen molar-refractivity contribution in [3.8, 4) is 34.1 Å². The van der Waals surface area contributed by atoms with E-state index in [4.69, 9.17) is 54.3 Å². The molecular weight excluding hydrogens is 1450 g/mol. The Labute approximate surface area is 641 Å². The van der Waals surface area contributed by atoms with Gasteiger partial charge in [0.25, 0.3) is 22.9 Å². The standard InChI is InChI=1S/C37H41F2N5O6.C29H33ClFN5O4.C14H20BFO4/c1-20(2)22-12-9-10-14-26(22)44-33-23(16-25(39)30(40-33)29-24(38)13-11-15-28(29)49-19-48-8)31-32(35(44)46)41(7)34(45)27-18-42(21(3)17-43(27)31)36(47)50-37(4,5)6;1-15(2)17-10-8-9-11-20(17)36-25-18(12-19(31)24(30)32-25)22-23(27(36)38)33(7)26(37)21-14-34(16(3)13-35(21)22)28(39)40-29(4,5)6;1-13(2)14(3,4)20-15(19-13)12-10(16)7-6-8-11(12)18-9-17-5/h9-16,20-21,27H,17-19H2,1-8H3;8-12,15-16,21H,13-14H2,1-7H3;6-8H,9H2,1-5H3/t21-,27-;16-,21-;/m11./s1. The van der Waals surface area contributed by atoms with Gasteiger partial charge in [-0.2, -0.15) is 0 Å². The van der Waals surface area contributed by atoms with Crippen LogP contribution in [-0.4, -0.2) is 175 Å². The molecule has 8 aromatic rings. The molecule has 4 aromatic heterocycles. The largest absolute Gasteiger partial charge is 0.501 e. The number of benzene rings is 4. The lowest BCUT2D eigenvalue weighted by Crippen LogP contribution is -2.66. The number of hydrogen-bond acceptors (Lipinski definition) is 18. The summed E-state index contributed by atoms with van der Waals surface area (Å²) in [4.78, 5) is 101. The number of hydrogen-bond donors (Lipinski definition) is 0. The quantitative estimate of drug-likeness (QED) is 0.0479. The van der Waals surface area contributed by atoms with Crippen LogP contribution in [0.15, 0.2) is 107 Å². The topological polar surface area (TPSA) is 231 Å². The molecule has 0 spiro atoms. The maximum Gasteiger partial charge on any atom is 0.501 e. The van der Waals surface area contributed by atoms with E-state index in [2.05, 4.69) is 4.98 Å². The molecular formula is C80H94BClF4N10O14. The fourth-order valence-electron chi connectivity index (χ4n) is 14.3. The van der Waals surface area contributed by atoms with E-state index >= 15 is 13.2 Å². The number of fused-ring (bicyclic) bond motifs is 10. The zero-order chi connectivity index (χ0) is 80.5. The number of piperazine rings is 2. The van der Waals surface area contributed by atoms with Crippen molar-refractivity contribution in [2.45, 2.75) is 169 Å². The Morgan fingerprint density at radius 2 is 0.973 bits per heavy atom. The van der Waals surface area contributed by atoms with E-state index < -0.39 is 100 Å². The second-order valence-electron chi connectivity index (χ2n) is 31.5. The summed E-state index contributed by atoms with van der Waals surface area (Å²) in [5, 5.41) is 0.220. The Bertz CT molecular complexity index is 5030. The summed E-state index contributed by atoms with van der Waals surface area (Å²) in [7, 11) is 5.14. The van der Waals surface area contributed by atoms with E-state index in [0.29, 0.717) is 33.9 Å². The van der Waals surface area contributed by atoms with E-state index in [9.17, 15) is 33.2 Å². The molecule has 24 nitrogen and oxygen atoms in total. The average Bonchev–Trinajstić information content (AvgIpc) is 0.837. The zero-order valence-corrected chi connectivity index (χ0v) is 66.4. The van der Waals surface area contributed by atoms with Gasteiger partial charge >= 0.3 is 19.3 Å². The molecule has 30 heteroatoms. The minimum Gasteiger partial charge on any atom is -0.468 e. The molecule has 4 aromatic carbocycles. The summed E-state index contributed by atoms with van der Waals surface area (Å²) in [5.74, 6) is -3.17. The second kappa shape index (κ2) is 31.2. The molecule has 3 saturated heterocycles. The highest BCUT2D eigenvalue weighted by Gasteiger charge is 2.54. The number of anilines is 4. The van der Waals surface area contributed by atoms with Crippen LogP contribution in [0.5, 0.6) is 11.5 Å². The fourth-order valence-corrected chi connectivity index (χ4v) is 14.4. The minimum absolute atomic E-state index is 0.00419. The van der Waals surface area contributed by atoms with E-state index in [-0.39, 0.29) is 119 Å². The molecule has 5 aliphatic heterocycles. The number of likely N-dealkylation sites (N-methyl/N-ethyl adjacent to an activating group) is 2. The fraction of sp³-hybridized carbons (Fsp3) is 0.450. The van der Waals surface area contributed by atoms with Gasteiger partial charge in [0.05, 0.1) is 58.1 Å². The van der Waals surface area contributed by atoms with Gasteiger partial charge in [-0.05, 0) is 155 Å². The number of methoxy groups -OCH3 is 2. The van der Waals surface area contributed by atoms with E-state index in [1.165, 1.54) is 93.4 Å².